The molecule has 0 fully saturated rings. The number of nitrogen functional groups attached to an aromatic ring is 1. The number of amidine groups is 1. The first-order valence-corrected chi connectivity index (χ1v) is 7.25. The molecular weight excluding hydrogens is 276 g/mol. The van der Waals surface area contributed by atoms with E-state index in [-0.39, 0.29) is 0 Å². The van der Waals surface area contributed by atoms with Crippen molar-refractivity contribution in [1.82, 2.24) is 5.32 Å². The van der Waals surface area contributed by atoms with E-state index in [0.29, 0.717) is 35.1 Å². The Morgan fingerprint density at radius 3 is 2.82 bits per heavy atom. The summed E-state index contributed by atoms with van der Waals surface area (Å²) in [6.07, 6.45) is 1.59. The van der Waals surface area contributed by atoms with Gasteiger partial charge in [-0.3, -0.25) is 0 Å². The van der Waals surface area contributed by atoms with Crippen LogP contribution in [0.15, 0.2) is 46.7 Å². The maximum Gasteiger partial charge on any atom is 0.142 e. The van der Waals surface area contributed by atoms with Crippen molar-refractivity contribution < 1.29 is 4.74 Å². The van der Waals surface area contributed by atoms with Crippen molar-refractivity contribution in [2.45, 2.75) is 26.7 Å². The Kier molecular flexibility index (Phi) is 4.65. The zero-order valence-electron chi connectivity index (χ0n) is 13.3. The number of anilines is 1. The summed E-state index contributed by atoms with van der Waals surface area (Å²) in [5.74, 6) is 1.28. The Hall–Kier alpha value is -2.56. The minimum atomic E-state index is 0.517. The van der Waals surface area contributed by atoms with Gasteiger partial charge >= 0.3 is 0 Å². The van der Waals surface area contributed by atoms with Crippen molar-refractivity contribution in [3.05, 3.63) is 47.3 Å². The summed E-state index contributed by atoms with van der Waals surface area (Å²) >= 11 is 0. The van der Waals surface area contributed by atoms with E-state index in [1.54, 1.807) is 25.3 Å². The third-order valence-electron chi connectivity index (χ3n) is 3.57. The largest absolute Gasteiger partial charge is 0.496 e. The molecule has 1 aromatic rings. The number of nitrogens with two attached hydrogens (primary N) is 1. The molecule has 0 aromatic heterocycles. The molecule has 116 valence electrons. The highest BCUT2D eigenvalue weighted by molar-refractivity contribution is 6.09. The Bertz CT molecular complexity index is 686. The zero-order valence-corrected chi connectivity index (χ0v) is 13.3. The summed E-state index contributed by atoms with van der Waals surface area (Å²) in [5.41, 5.74) is 10.1. The summed E-state index contributed by atoms with van der Waals surface area (Å²) in [6.45, 7) is 7.99. The fourth-order valence-electron chi connectivity index (χ4n) is 2.30. The van der Waals surface area contributed by atoms with Crippen LogP contribution in [0.25, 0.3) is 0 Å². The second kappa shape index (κ2) is 6.47. The highest BCUT2D eigenvalue weighted by Gasteiger charge is 2.21. The molecule has 4 N–H and O–H groups in total. The number of nitrogens with one attached hydrogen (secondary N) is 2. The van der Waals surface area contributed by atoms with Gasteiger partial charge in [0.1, 0.15) is 11.6 Å². The van der Waals surface area contributed by atoms with Crippen LogP contribution in [0.5, 0.6) is 5.75 Å². The van der Waals surface area contributed by atoms with Gasteiger partial charge in [-0.1, -0.05) is 19.9 Å². The normalized spacial score (nSPS) is 14.5. The molecule has 0 atom stereocenters. The van der Waals surface area contributed by atoms with Crippen molar-refractivity contribution in [2.75, 3.05) is 12.8 Å². The predicted octanol–water partition coefficient (Wildman–Crippen LogP) is 3.23. The number of nitrogens with zero attached hydrogens (tertiary/aromatic N) is 1. The molecule has 0 saturated heterocycles. The monoisotopic (exact) mass is 298 g/mol. The van der Waals surface area contributed by atoms with Crippen molar-refractivity contribution in [3.8, 4) is 5.75 Å². The summed E-state index contributed by atoms with van der Waals surface area (Å²) in [5, 5.41) is 11.4. The number of allylic oxidation sites excluding steroid dienone is 2. The number of benzene rings is 1. The van der Waals surface area contributed by atoms with Gasteiger partial charge in [-0.15, -0.1) is 0 Å². The Morgan fingerprint density at radius 2 is 2.18 bits per heavy atom. The smallest absolute Gasteiger partial charge is 0.142 e. The van der Waals surface area contributed by atoms with Gasteiger partial charge in [-0.05, 0) is 37.1 Å². The molecule has 0 unspecified atom stereocenters. The lowest BCUT2D eigenvalue weighted by molar-refractivity contribution is 0.414. The second-order valence-corrected chi connectivity index (χ2v) is 5.23. The number of hydrogen-bond donors (Lipinski definition) is 3. The van der Waals surface area contributed by atoms with E-state index in [9.17, 15) is 0 Å². The first-order valence-electron chi connectivity index (χ1n) is 7.25. The van der Waals surface area contributed by atoms with Crippen LogP contribution in [-0.4, -0.2) is 18.7 Å². The Morgan fingerprint density at radius 1 is 1.45 bits per heavy atom. The number of rotatable bonds is 5. The number of ether oxygens (including phenoxy) is 1. The van der Waals surface area contributed by atoms with Gasteiger partial charge in [0.2, 0.25) is 0 Å². The fraction of sp³-hybridized carbons (Fsp3) is 0.294. The van der Waals surface area contributed by atoms with Crippen LogP contribution < -0.4 is 15.8 Å². The quantitative estimate of drug-likeness (QED) is 0.576. The van der Waals surface area contributed by atoms with E-state index >= 15 is 0 Å². The summed E-state index contributed by atoms with van der Waals surface area (Å²) < 4.78 is 5.38. The zero-order chi connectivity index (χ0) is 16.3. The SMILES string of the molecule is C=C1NC(c2cc(N)ccc2OC)=NC(C(=N)CCC)=C1C. The van der Waals surface area contributed by atoms with E-state index < -0.39 is 0 Å². The topological polar surface area (TPSA) is 83.5 Å². The summed E-state index contributed by atoms with van der Waals surface area (Å²) in [6, 6.07) is 5.39. The van der Waals surface area contributed by atoms with E-state index in [4.69, 9.17) is 15.9 Å². The van der Waals surface area contributed by atoms with Gasteiger partial charge in [0, 0.05) is 11.4 Å². The van der Waals surface area contributed by atoms with E-state index in [2.05, 4.69) is 16.9 Å². The predicted molar refractivity (Wildman–Crippen MR) is 91.6 cm³/mol. The number of aliphatic imine (C=N–C) groups is 1. The third kappa shape index (κ3) is 3.03. The lowest BCUT2D eigenvalue weighted by Gasteiger charge is -2.22. The van der Waals surface area contributed by atoms with Gasteiger partial charge < -0.3 is 21.2 Å². The van der Waals surface area contributed by atoms with Gasteiger partial charge in [-0.2, -0.15) is 0 Å². The first kappa shape index (κ1) is 15.8. The molecule has 0 saturated carbocycles. The number of hydrogen-bond acceptors (Lipinski definition) is 5. The van der Waals surface area contributed by atoms with Crippen LogP contribution in [0.3, 0.4) is 0 Å². The highest BCUT2D eigenvalue weighted by Crippen LogP contribution is 2.26. The Balaban J connectivity index is 2.52. The molecular formula is C17H22N4O. The van der Waals surface area contributed by atoms with Gasteiger partial charge in [0.05, 0.1) is 24.1 Å². The molecule has 5 heteroatoms. The lowest BCUT2D eigenvalue weighted by Crippen LogP contribution is -2.29. The second-order valence-electron chi connectivity index (χ2n) is 5.23. The number of methoxy groups -OCH3 is 1. The lowest BCUT2D eigenvalue weighted by atomic mass is 10.0. The molecule has 1 aliphatic rings. The standard InChI is InChI=1S/C17H22N4O/c1-5-6-14(19)16-10(2)11(3)20-17(21-16)13-9-12(18)7-8-15(13)22-4/h7-9,19H,3,5-6,18H2,1-2,4H3,(H,20,21). The maximum atomic E-state index is 8.21. The van der Waals surface area contributed by atoms with Crippen molar-refractivity contribution >= 4 is 17.2 Å². The molecule has 0 aliphatic carbocycles. The van der Waals surface area contributed by atoms with Gasteiger partial charge in [0.15, 0.2) is 0 Å². The van der Waals surface area contributed by atoms with Crippen LogP contribution in [0.2, 0.25) is 0 Å². The van der Waals surface area contributed by atoms with E-state index in [0.717, 1.165) is 23.3 Å². The van der Waals surface area contributed by atoms with Crippen molar-refractivity contribution in [3.63, 3.8) is 0 Å². The van der Waals surface area contributed by atoms with Crippen LogP contribution >= 0.6 is 0 Å². The average molecular weight is 298 g/mol. The summed E-state index contributed by atoms with van der Waals surface area (Å²) in [7, 11) is 1.61. The molecule has 1 heterocycles. The molecule has 0 amide bonds. The van der Waals surface area contributed by atoms with Crippen LogP contribution in [0, 0.1) is 5.41 Å². The molecule has 0 spiro atoms. The molecule has 1 aliphatic heterocycles. The van der Waals surface area contributed by atoms with Crippen LogP contribution in [0.4, 0.5) is 5.69 Å². The third-order valence-corrected chi connectivity index (χ3v) is 3.57. The fourth-order valence-corrected chi connectivity index (χ4v) is 2.30. The molecule has 0 radical (unpaired) electrons. The average Bonchev–Trinajstić information content (AvgIpc) is 2.50. The molecule has 5 nitrogen and oxygen atoms in total. The molecule has 0 bridgehead atoms. The highest BCUT2D eigenvalue weighted by atomic mass is 16.5. The Labute approximate surface area is 131 Å². The van der Waals surface area contributed by atoms with Gasteiger partial charge in [0.25, 0.3) is 0 Å². The van der Waals surface area contributed by atoms with Gasteiger partial charge in [-0.25, -0.2) is 4.99 Å². The molecule has 2 rings (SSSR count). The van der Waals surface area contributed by atoms with Crippen molar-refractivity contribution in [1.29, 1.82) is 5.41 Å². The maximum absolute atomic E-state index is 8.21. The van der Waals surface area contributed by atoms with E-state index in [1.165, 1.54) is 0 Å². The molecule has 22 heavy (non-hydrogen) atoms. The van der Waals surface area contributed by atoms with Crippen LogP contribution in [-0.2, 0) is 0 Å². The molecule has 1 aromatic carbocycles. The minimum Gasteiger partial charge on any atom is -0.496 e. The van der Waals surface area contributed by atoms with E-state index in [1.807, 2.05) is 13.8 Å². The first-order chi connectivity index (χ1) is 10.5. The van der Waals surface area contributed by atoms with Crippen molar-refractivity contribution in [2.24, 2.45) is 4.99 Å². The summed E-state index contributed by atoms with van der Waals surface area (Å²) in [4.78, 5) is 4.62. The van der Waals surface area contributed by atoms with Crippen LogP contribution in [0.1, 0.15) is 32.3 Å². The minimum absolute atomic E-state index is 0.517.